The number of carbonyl (C=O) groups is 1. The Kier molecular flexibility index (Phi) is 6.02. The first-order chi connectivity index (χ1) is 14.9. The minimum Gasteiger partial charge on any atom is -0.481 e. The second kappa shape index (κ2) is 8.88. The number of ether oxygens (including phenoxy) is 1. The molecule has 3 N–H and O–H groups in total. The van der Waals surface area contributed by atoms with Gasteiger partial charge in [0.15, 0.2) is 5.82 Å². The fourth-order valence-electron chi connectivity index (χ4n) is 3.59. The Balaban J connectivity index is 1.73. The number of nitrogens with zero attached hydrogens (tertiary/aromatic N) is 7. The van der Waals surface area contributed by atoms with Gasteiger partial charge in [-0.2, -0.15) is 15.0 Å². The number of nitrogens with two attached hydrogens (primary N) is 1. The van der Waals surface area contributed by atoms with Crippen molar-refractivity contribution < 1.29 is 23.4 Å². The molecule has 0 bridgehead atoms. The standard InChI is InChI=1S/C18H22F2N8O3/c19-13(20)12-11(9-22-16(21)23-12)14-24-17(27-3-1-10(2-4-27)15(29)30)26-18(25-14)28-5-7-31-8-6-28/h9-10,13H,1-8H2,(H,29,30)(H2,21,22,23). The Morgan fingerprint density at radius 1 is 1.06 bits per heavy atom. The summed E-state index contributed by atoms with van der Waals surface area (Å²) < 4.78 is 32.6. The second-order valence-corrected chi connectivity index (χ2v) is 7.29. The summed E-state index contributed by atoms with van der Waals surface area (Å²) in [5.74, 6) is -0.870. The van der Waals surface area contributed by atoms with E-state index in [0.717, 1.165) is 0 Å². The molecule has 2 saturated heterocycles. The summed E-state index contributed by atoms with van der Waals surface area (Å²) in [4.78, 5) is 35.8. The molecule has 4 heterocycles. The fraction of sp³-hybridized carbons (Fsp3) is 0.556. The van der Waals surface area contributed by atoms with Crippen LogP contribution in [0.25, 0.3) is 11.4 Å². The highest BCUT2D eigenvalue weighted by Crippen LogP contribution is 2.30. The average Bonchev–Trinajstić information content (AvgIpc) is 2.79. The number of hydrogen-bond donors (Lipinski definition) is 2. The summed E-state index contributed by atoms with van der Waals surface area (Å²) in [6.07, 6.45) is -0.825. The lowest BCUT2D eigenvalue weighted by molar-refractivity contribution is -0.142. The summed E-state index contributed by atoms with van der Waals surface area (Å²) in [6, 6.07) is 0. The molecule has 2 aliphatic heterocycles. The van der Waals surface area contributed by atoms with Gasteiger partial charge in [0.1, 0.15) is 5.69 Å². The third-order valence-corrected chi connectivity index (χ3v) is 5.32. The number of piperidine rings is 1. The SMILES string of the molecule is Nc1ncc(-c2nc(N3CCOCC3)nc(N3CCC(C(=O)O)CC3)n2)c(C(F)F)n1. The van der Waals surface area contributed by atoms with Crippen molar-refractivity contribution in [1.29, 1.82) is 0 Å². The topological polar surface area (TPSA) is 143 Å². The van der Waals surface area contributed by atoms with E-state index in [1.54, 1.807) is 0 Å². The first kappa shape index (κ1) is 21.0. The summed E-state index contributed by atoms with van der Waals surface area (Å²) in [6.45, 7) is 2.95. The Morgan fingerprint density at radius 2 is 1.68 bits per heavy atom. The molecule has 2 aromatic rings. The van der Waals surface area contributed by atoms with Gasteiger partial charge in [-0.3, -0.25) is 4.79 Å². The summed E-state index contributed by atoms with van der Waals surface area (Å²) in [5, 5.41) is 9.23. The monoisotopic (exact) mass is 436 g/mol. The summed E-state index contributed by atoms with van der Waals surface area (Å²) >= 11 is 0. The zero-order valence-electron chi connectivity index (χ0n) is 16.6. The van der Waals surface area contributed by atoms with Gasteiger partial charge in [0.2, 0.25) is 17.8 Å². The highest BCUT2D eigenvalue weighted by molar-refractivity contribution is 5.70. The second-order valence-electron chi connectivity index (χ2n) is 7.29. The molecule has 0 aliphatic carbocycles. The van der Waals surface area contributed by atoms with E-state index in [1.807, 2.05) is 9.80 Å². The van der Waals surface area contributed by atoms with Crippen molar-refractivity contribution in [2.45, 2.75) is 19.3 Å². The molecule has 2 fully saturated rings. The van der Waals surface area contributed by atoms with Crippen LogP contribution in [0.5, 0.6) is 0 Å². The molecule has 2 aromatic heterocycles. The van der Waals surface area contributed by atoms with E-state index in [1.165, 1.54) is 6.20 Å². The molecule has 2 aliphatic rings. The molecule has 0 amide bonds. The zero-order chi connectivity index (χ0) is 22.0. The van der Waals surface area contributed by atoms with Crippen LogP contribution in [0.4, 0.5) is 26.6 Å². The Morgan fingerprint density at radius 3 is 2.26 bits per heavy atom. The Hall–Kier alpha value is -3.22. The molecule has 0 atom stereocenters. The fourth-order valence-corrected chi connectivity index (χ4v) is 3.59. The van der Waals surface area contributed by atoms with Crippen LogP contribution in [-0.2, 0) is 9.53 Å². The van der Waals surface area contributed by atoms with E-state index in [2.05, 4.69) is 24.9 Å². The molecule has 0 radical (unpaired) electrons. The highest BCUT2D eigenvalue weighted by Gasteiger charge is 2.28. The number of carboxylic acid groups (broad SMARTS) is 1. The number of halogens is 2. The van der Waals surface area contributed by atoms with Crippen LogP contribution < -0.4 is 15.5 Å². The van der Waals surface area contributed by atoms with Gasteiger partial charge in [0, 0.05) is 32.4 Å². The lowest BCUT2D eigenvalue weighted by atomic mass is 9.97. The number of morpholine rings is 1. The maximum absolute atomic E-state index is 13.6. The Labute approximate surface area is 176 Å². The van der Waals surface area contributed by atoms with Crippen LogP contribution in [0.1, 0.15) is 25.0 Å². The molecule has 0 saturated carbocycles. The van der Waals surface area contributed by atoms with Crippen molar-refractivity contribution in [3.63, 3.8) is 0 Å². The number of alkyl halides is 2. The van der Waals surface area contributed by atoms with E-state index in [0.29, 0.717) is 64.1 Å². The summed E-state index contributed by atoms with van der Waals surface area (Å²) in [7, 11) is 0. The minimum atomic E-state index is -2.89. The van der Waals surface area contributed by atoms with Gasteiger partial charge in [-0.25, -0.2) is 18.7 Å². The normalized spacial score (nSPS) is 17.9. The Bertz CT molecular complexity index is 949. The number of hydrogen-bond acceptors (Lipinski definition) is 10. The van der Waals surface area contributed by atoms with Crippen LogP contribution >= 0.6 is 0 Å². The number of aliphatic carboxylic acids is 1. The van der Waals surface area contributed by atoms with Crippen LogP contribution in [-0.4, -0.2) is 75.4 Å². The van der Waals surface area contributed by atoms with Crippen LogP contribution in [0.3, 0.4) is 0 Å². The van der Waals surface area contributed by atoms with Gasteiger partial charge >= 0.3 is 5.97 Å². The van der Waals surface area contributed by atoms with Gasteiger partial charge < -0.3 is 25.4 Å². The zero-order valence-corrected chi connectivity index (χ0v) is 16.6. The lowest BCUT2D eigenvalue weighted by Crippen LogP contribution is -2.39. The third-order valence-electron chi connectivity index (χ3n) is 5.32. The minimum absolute atomic E-state index is 0.0159. The molecule has 0 aromatic carbocycles. The largest absolute Gasteiger partial charge is 0.481 e. The van der Waals surface area contributed by atoms with E-state index in [-0.39, 0.29) is 17.3 Å². The van der Waals surface area contributed by atoms with Crippen molar-refractivity contribution in [3.8, 4) is 11.4 Å². The number of rotatable bonds is 5. The predicted octanol–water partition coefficient (Wildman–Crippen LogP) is 0.986. The maximum atomic E-state index is 13.6. The van der Waals surface area contributed by atoms with Gasteiger partial charge in [-0.15, -0.1) is 0 Å². The first-order valence-corrected chi connectivity index (χ1v) is 9.90. The van der Waals surface area contributed by atoms with Crippen LogP contribution in [0.15, 0.2) is 6.20 Å². The van der Waals surface area contributed by atoms with Gasteiger partial charge in [0.25, 0.3) is 6.43 Å². The molecule has 0 unspecified atom stereocenters. The van der Waals surface area contributed by atoms with Crippen molar-refractivity contribution >= 4 is 23.8 Å². The molecular weight excluding hydrogens is 414 g/mol. The molecule has 4 rings (SSSR count). The van der Waals surface area contributed by atoms with E-state index in [4.69, 9.17) is 10.5 Å². The number of aromatic nitrogens is 5. The van der Waals surface area contributed by atoms with Crippen molar-refractivity contribution in [1.82, 2.24) is 24.9 Å². The third kappa shape index (κ3) is 4.60. The predicted molar refractivity (Wildman–Crippen MR) is 106 cm³/mol. The molecular formula is C18H22F2N8O3. The lowest BCUT2D eigenvalue weighted by Gasteiger charge is -2.32. The van der Waals surface area contributed by atoms with E-state index >= 15 is 0 Å². The molecule has 166 valence electrons. The van der Waals surface area contributed by atoms with Crippen molar-refractivity contribution in [3.05, 3.63) is 11.9 Å². The number of anilines is 3. The van der Waals surface area contributed by atoms with Crippen molar-refractivity contribution in [2.24, 2.45) is 5.92 Å². The van der Waals surface area contributed by atoms with E-state index < -0.39 is 24.0 Å². The molecule has 31 heavy (non-hydrogen) atoms. The van der Waals surface area contributed by atoms with Gasteiger partial charge in [-0.1, -0.05) is 0 Å². The van der Waals surface area contributed by atoms with Crippen LogP contribution in [0.2, 0.25) is 0 Å². The summed E-state index contributed by atoms with van der Waals surface area (Å²) in [5.41, 5.74) is 4.91. The molecule has 0 spiro atoms. The quantitative estimate of drug-likeness (QED) is 0.692. The number of nitrogen functional groups attached to an aromatic ring is 1. The highest BCUT2D eigenvalue weighted by atomic mass is 19.3. The van der Waals surface area contributed by atoms with Crippen molar-refractivity contribution in [2.75, 3.05) is 54.9 Å². The first-order valence-electron chi connectivity index (χ1n) is 9.90. The number of carboxylic acids is 1. The molecule has 13 heteroatoms. The average molecular weight is 436 g/mol. The van der Waals surface area contributed by atoms with Gasteiger partial charge in [0.05, 0.1) is 24.7 Å². The maximum Gasteiger partial charge on any atom is 0.306 e. The van der Waals surface area contributed by atoms with Gasteiger partial charge in [-0.05, 0) is 12.8 Å². The smallest absolute Gasteiger partial charge is 0.306 e. The van der Waals surface area contributed by atoms with Crippen LogP contribution in [0, 0.1) is 5.92 Å². The van der Waals surface area contributed by atoms with E-state index in [9.17, 15) is 18.7 Å². The molecule has 11 nitrogen and oxygen atoms in total.